The highest BCUT2D eigenvalue weighted by Gasteiger charge is 2.16. The molecule has 0 radical (unpaired) electrons. The van der Waals surface area contributed by atoms with Gasteiger partial charge in [-0.15, -0.1) is 0 Å². The molecule has 0 fully saturated rings. The van der Waals surface area contributed by atoms with Crippen LogP contribution in [0.25, 0.3) is 0 Å². The minimum Gasteiger partial charge on any atom is -0.508 e. The lowest BCUT2D eigenvalue weighted by atomic mass is 10.0. The van der Waals surface area contributed by atoms with Crippen LogP contribution in [-0.2, 0) is 17.9 Å². The highest BCUT2D eigenvalue weighted by Crippen LogP contribution is 2.46. The maximum Gasteiger partial charge on any atom is 0.148 e. The minimum absolute atomic E-state index is 0.0592. The van der Waals surface area contributed by atoms with Crippen LogP contribution in [-0.4, -0.2) is 40.9 Å². The normalized spacial score (nSPS) is 10.5. The number of phenolic OH excluding ortho intramolecular Hbond substituents is 8. The molecule has 8 aromatic carbocycles. The molecule has 0 spiro atoms. The van der Waals surface area contributed by atoms with Gasteiger partial charge in [0.25, 0.3) is 0 Å². The summed E-state index contributed by atoms with van der Waals surface area (Å²) >= 11 is 89.3. The fraction of sp³-hybridized carbons (Fsp3) is 0.0588. The number of phenols is 8. The number of rotatable bonds is 8. The fourth-order valence-electron chi connectivity index (χ4n) is 5.71. The van der Waals surface area contributed by atoms with Crippen molar-refractivity contribution < 1.29 is 40.9 Å². The van der Waals surface area contributed by atoms with Crippen LogP contribution in [0.4, 0.5) is 0 Å². The highest BCUT2D eigenvalue weighted by molar-refractivity contribution is 9.11. The predicted molar refractivity (Wildman–Crippen MR) is 332 cm³/mol. The molecule has 0 atom stereocenters. The molecule has 408 valence electrons. The van der Waals surface area contributed by atoms with Crippen LogP contribution in [0, 0.1) is 0 Å². The second kappa shape index (κ2) is 31.9. The highest BCUT2D eigenvalue weighted by atomic mass is 79.9. The van der Waals surface area contributed by atoms with E-state index in [1.807, 2.05) is 0 Å². The molecule has 0 aliphatic rings. The van der Waals surface area contributed by atoms with E-state index in [1.165, 1.54) is 48.5 Å². The summed E-state index contributed by atoms with van der Waals surface area (Å²) < 4.78 is 1.02. The average molecular weight is 1490 g/mol. The Morgan fingerprint density at radius 1 is 0.299 bits per heavy atom. The maximum atomic E-state index is 9.98. The second-order valence-corrected chi connectivity index (χ2v) is 24.7. The molecule has 0 aromatic heterocycles. The number of aromatic hydroxyl groups is 8. The Balaban J connectivity index is 0.000000213. The van der Waals surface area contributed by atoms with Crippen LogP contribution in [0.1, 0.15) is 22.3 Å². The first-order valence-electron chi connectivity index (χ1n) is 20.6. The third-order valence-electron chi connectivity index (χ3n) is 9.38. The largest absolute Gasteiger partial charge is 0.508 e. The van der Waals surface area contributed by atoms with E-state index in [0.717, 1.165) is 22.9 Å². The van der Waals surface area contributed by atoms with E-state index in [0.29, 0.717) is 98.0 Å². The molecule has 0 aliphatic carbocycles. The SMILES string of the molecule is Oc1c(Br)cc(Cl)cc1Cc1cc(Cl)cc(Br)c1O.Oc1c(Cl)cc(Cl)cc1Sc1cc(Cl)cc(Cl)c1O.Oc1cc(Cl)c(Cl)cc1Cl.Oc1cc(Cl)c(Cl)cc1Cl.Oc1ccc(Cl)cc1CSCc1cc(Cl)ccc1O. The van der Waals surface area contributed by atoms with Gasteiger partial charge in [0.1, 0.15) is 46.0 Å². The van der Waals surface area contributed by atoms with E-state index >= 15 is 0 Å². The van der Waals surface area contributed by atoms with Crippen molar-refractivity contribution in [1.29, 1.82) is 0 Å². The summed E-state index contributed by atoms with van der Waals surface area (Å²) in [4.78, 5) is 0.789. The van der Waals surface area contributed by atoms with Crippen molar-refractivity contribution in [2.45, 2.75) is 27.7 Å². The number of hydrogen-bond donors (Lipinski definition) is 8. The summed E-state index contributed by atoms with van der Waals surface area (Å²) in [5.74, 6) is 1.51. The fourth-order valence-corrected chi connectivity index (χ4v) is 12.2. The molecule has 0 saturated carbocycles. The number of benzene rings is 8. The van der Waals surface area contributed by atoms with Gasteiger partial charge in [-0.25, -0.2) is 0 Å². The van der Waals surface area contributed by atoms with Crippen LogP contribution in [0.15, 0.2) is 128 Å². The van der Waals surface area contributed by atoms with Gasteiger partial charge in [0, 0.05) is 82.4 Å². The van der Waals surface area contributed by atoms with Crippen molar-refractivity contribution >= 4 is 218 Å². The van der Waals surface area contributed by atoms with Gasteiger partial charge in [-0.2, -0.15) is 11.8 Å². The third-order valence-corrected chi connectivity index (χ3v) is 16.6. The zero-order chi connectivity index (χ0) is 57.6. The molecule has 0 heterocycles. The van der Waals surface area contributed by atoms with Gasteiger partial charge in [-0.05, 0) is 129 Å². The Kier molecular flexibility index (Phi) is 27.9. The lowest BCUT2D eigenvalue weighted by molar-refractivity contribution is 0.458. The zero-order valence-corrected chi connectivity index (χ0v) is 53.3. The summed E-state index contributed by atoms with van der Waals surface area (Å²) in [6.45, 7) is 0. The van der Waals surface area contributed by atoms with E-state index in [1.54, 1.807) is 72.4 Å². The molecule has 8 rings (SSSR count). The first kappa shape index (κ1) is 67.4. The van der Waals surface area contributed by atoms with Crippen LogP contribution in [0.3, 0.4) is 0 Å². The van der Waals surface area contributed by atoms with Crippen molar-refractivity contribution in [1.82, 2.24) is 0 Å². The van der Waals surface area contributed by atoms with Gasteiger partial charge in [0.2, 0.25) is 0 Å². The topological polar surface area (TPSA) is 162 Å². The van der Waals surface area contributed by atoms with Crippen molar-refractivity contribution in [2.24, 2.45) is 0 Å². The van der Waals surface area contributed by atoms with Crippen LogP contribution in [0.5, 0.6) is 46.0 Å². The summed E-state index contributed by atoms with van der Waals surface area (Å²) in [7, 11) is 0. The Hall–Kier alpha value is -2.12. The van der Waals surface area contributed by atoms with Gasteiger partial charge in [0.05, 0.1) is 58.9 Å². The molecule has 26 heteroatoms. The molecule has 0 amide bonds. The van der Waals surface area contributed by atoms with Crippen LogP contribution >= 0.6 is 218 Å². The van der Waals surface area contributed by atoms with Gasteiger partial charge in [0.15, 0.2) is 0 Å². The Labute approximate surface area is 537 Å². The minimum atomic E-state index is -0.119. The number of halogens is 16. The first-order chi connectivity index (χ1) is 36.0. The van der Waals surface area contributed by atoms with E-state index in [4.69, 9.17) is 173 Å². The number of hydrogen-bond acceptors (Lipinski definition) is 10. The van der Waals surface area contributed by atoms with Crippen molar-refractivity contribution in [3.05, 3.63) is 211 Å². The molecule has 77 heavy (non-hydrogen) atoms. The quantitative estimate of drug-likeness (QED) is 0.0688. The van der Waals surface area contributed by atoms with E-state index in [9.17, 15) is 30.6 Å². The molecule has 0 aliphatic heterocycles. The zero-order valence-electron chi connectivity index (χ0n) is 38.0. The Morgan fingerprint density at radius 3 is 0.974 bits per heavy atom. The van der Waals surface area contributed by atoms with Crippen molar-refractivity contribution in [2.75, 3.05) is 0 Å². The lowest BCUT2D eigenvalue weighted by Gasteiger charge is -2.10. The third kappa shape index (κ3) is 21.3. The molecule has 8 nitrogen and oxygen atoms in total. The number of thioether (sulfide) groups is 1. The van der Waals surface area contributed by atoms with E-state index in [2.05, 4.69) is 31.9 Å². The standard InChI is InChI=1S/C14H12Cl2O2S.C13H8Br2Cl2O2.C12H6Cl4O2S.2C6H3Cl3O/c15-11-1-3-13(17)9(5-11)7-19-8-10-6-12(16)2-4-14(10)18;14-10-4-8(16)2-6(12(10)18)1-7-3-9(17)5-11(15)13(7)19;13-5-1-7(15)11(17)9(3-5)19-10-4-6(14)2-8(16)12(10)18;2*7-3-1-5(9)6(10)2-4(3)8/h1-6,17-18H,7-8H2;2-5,18-19H,1H2;1-4,17-18H;2*1-2,10H. The van der Waals surface area contributed by atoms with Gasteiger partial charge in [-0.3, -0.25) is 0 Å². The maximum absolute atomic E-state index is 9.98. The van der Waals surface area contributed by atoms with Gasteiger partial charge in [-0.1, -0.05) is 174 Å². The summed E-state index contributed by atoms with van der Waals surface area (Å²) in [6.07, 6.45) is 0.315. The van der Waals surface area contributed by atoms with E-state index in [-0.39, 0.29) is 66.1 Å². The average Bonchev–Trinajstić information content (AvgIpc) is 3.34. The summed E-state index contributed by atoms with van der Waals surface area (Å²) in [5.41, 5.74) is 2.76. The molecular weight excluding hydrogens is 1460 g/mol. The van der Waals surface area contributed by atoms with Gasteiger partial charge < -0.3 is 40.9 Å². The van der Waals surface area contributed by atoms with Crippen LogP contribution < -0.4 is 0 Å². The monoisotopic (exact) mass is 1480 g/mol. The van der Waals surface area contributed by atoms with E-state index < -0.39 is 0 Å². The lowest BCUT2D eigenvalue weighted by Crippen LogP contribution is -1.92. The van der Waals surface area contributed by atoms with Crippen molar-refractivity contribution in [3.63, 3.8) is 0 Å². The van der Waals surface area contributed by atoms with Crippen molar-refractivity contribution in [3.8, 4) is 46.0 Å². The molecule has 0 bridgehead atoms. The molecular formula is C51H32Br2Cl14O8S2. The Bertz CT molecular complexity index is 2970. The second-order valence-electron chi connectivity index (χ2n) is 15.0. The molecule has 8 aromatic rings. The smallest absolute Gasteiger partial charge is 0.148 e. The molecule has 0 saturated heterocycles. The molecule has 8 N–H and O–H groups in total. The van der Waals surface area contributed by atoms with Gasteiger partial charge >= 0.3 is 0 Å². The van der Waals surface area contributed by atoms with Crippen LogP contribution in [0.2, 0.25) is 70.3 Å². The molecule has 0 unspecified atom stereocenters. The summed E-state index contributed by atoms with van der Waals surface area (Å²) in [6, 6.07) is 27.7. The predicted octanol–water partition coefficient (Wildman–Crippen LogP) is 22.9. The summed E-state index contributed by atoms with van der Waals surface area (Å²) in [5, 5.41) is 81.8. The Morgan fingerprint density at radius 2 is 0.623 bits per heavy atom. The first-order valence-corrected chi connectivity index (χ1v) is 29.5.